The minimum absolute atomic E-state index is 0.261. The van der Waals surface area contributed by atoms with E-state index < -0.39 is 23.8 Å². The van der Waals surface area contributed by atoms with Crippen LogP contribution in [0.3, 0.4) is 0 Å². The standard InChI is InChI=1S/C24H26O3.C24H26O2.2C14H14BrN3O3.C13H12IN3O3/c1-18-4-6-21(7-5-18)17-27-23-15-12-20(16-24(23)26-3)9-8-19-10-13-22(25-2)14-11-19;1-18-8-7-11-22(19(18)2)14-12-20-13-15-23(24(16-20)25-3)26-17-21-9-5-4-6-10-21;1-3-18-8-10(15)12(17-18)13(19)16-11-7-5-4-6-9(11)14(20)21-2;1-3-18-12(10(15)8-16-18)13(19)17-11-7-5-4-6-9(11)14(20)21-2;1-17-11(9(14)7-15-17)12(18)16-10-6-4-3-5-8(10)13(19)20-2/h4-7,10-16H,8-9,17H2,1-3H3;4-11,13,15-16H,12,14,17H2,1-3H3;4-8H,3H2,1-2H3,(H,16,19);4-8H,3H2,1-2H3,(H,17,19);3-7H,1-2H3,(H,16,18). The van der Waals surface area contributed by atoms with Gasteiger partial charge in [0.15, 0.2) is 28.7 Å². The van der Waals surface area contributed by atoms with Crippen molar-refractivity contribution in [3.05, 3.63) is 321 Å². The molecule has 23 nitrogen and oxygen atoms in total. The number of rotatable bonds is 26. The van der Waals surface area contributed by atoms with E-state index in [0.29, 0.717) is 80.4 Å². The summed E-state index contributed by atoms with van der Waals surface area (Å²) in [6, 6.07) is 65.7. The summed E-state index contributed by atoms with van der Waals surface area (Å²) in [6.45, 7) is 12.6. The van der Waals surface area contributed by atoms with Crippen LogP contribution in [0.5, 0.6) is 28.7 Å². The summed E-state index contributed by atoms with van der Waals surface area (Å²) in [5.41, 5.74) is 14.6. The number of carbonyl (C=O) groups is 6. The van der Waals surface area contributed by atoms with E-state index in [9.17, 15) is 28.8 Å². The largest absolute Gasteiger partial charge is 0.497 e. The smallest absolute Gasteiger partial charge is 0.339 e. The van der Waals surface area contributed by atoms with E-state index in [1.165, 1.54) is 65.0 Å². The number of aromatic nitrogens is 6. The third-order valence-electron chi connectivity index (χ3n) is 17.9. The first-order valence-corrected chi connectivity index (χ1v) is 39.1. The Morgan fingerprint density at radius 2 is 0.904 bits per heavy atom. The molecular formula is C89H92Br2IN9O14. The van der Waals surface area contributed by atoms with Crippen molar-refractivity contribution in [1.82, 2.24) is 29.3 Å². The lowest BCUT2D eigenvalue weighted by molar-refractivity contribution is 0.0592. The molecule has 0 aliphatic carbocycles. The Hall–Kier alpha value is -11.9. The van der Waals surface area contributed by atoms with E-state index in [-0.39, 0.29) is 17.5 Å². The average Bonchev–Trinajstić information content (AvgIpc) is 1.70. The van der Waals surface area contributed by atoms with E-state index in [1.807, 2.05) is 78.9 Å². The number of halogens is 3. The summed E-state index contributed by atoms with van der Waals surface area (Å²) >= 11 is 8.63. The molecule has 0 radical (unpaired) electrons. The van der Waals surface area contributed by atoms with Crippen molar-refractivity contribution in [2.75, 3.05) is 58.6 Å². The van der Waals surface area contributed by atoms with Crippen LogP contribution in [0.4, 0.5) is 17.1 Å². The zero-order chi connectivity index (χ0) is 82.9. The van der Waals surface area contributed by atoms with Gasteiger partial charge in [-0.25, -0.2) is 14.4 Å². The lowest BCUT2D eigenvalue weighted by Crippen LogP contribution is -2.19. The number of aryl methyl sites for hydroxylation is 9. The molecule has 12 aromatic rings. The van der Waals surface area contributed by atoms with Crippen molar-refractivity contribution in [1.29, 1.82) is 0 Å². The van der Waals surface area contributed by atoms with Crippen LogP contribution in [-0.4, -0.2) is 108 Å². The molecule has 0 saturated carbocycles. The highest BCUT2D eigenvalue weighted by Gasteiger charge is 2.23. The van der Waals surface area contributed by atoms with Crippen LogP contribution in [0, 0.1) is 24.3 Å². The van der Waals surface area contributed by atoms with Crippen LogP contribution in [0.1, 0.15) is 126 Å². The van der Waals surface area contributed by atoms with Crippen LogP contribution in [-0.2, 0) is 73.2 Å². The maximum absolute atomic E-state index is 12.4. The average molecular weight is 1800 g/mol. The third kappa shape index (κ3) is 25.8. The van der Waals surface area contributed by atoms with Crippen LogP contribution in [0.25, 0.3) is 0 Å². The molecule has 0 fully saturated rings. The van der Waals surface area contributed by atoms with Gasteiger partial charge in [0.05, 0.1) is 101 Å². The molecule has 0 bridgehead atoms. The first-order chi connectivity index (χ1) is 55.5. The topological polar surface area (TPSA) is 266 Å². The Balaban J connectivity index is 0.000000181. The van der Waals surface area contributed by atoms with Gasteiger partial charge in [0.25, 0.3) is 17.7 Å². The number of carbonyl (C=O) groups excluding carboxylic acids is 6. The number of nitrogens with one attached hydrogen (secondary N) is 3. The molecule has 0 aliphatic heterocycles. The van der Waals surface area contributed by atoms with Gasteiger partial charge in [-0.05, 0) is 232 Å². The molecule has 0 atom stereocenters. The predicted octanol–water partition coefficient (Wildman–Crippen LogP) is 18.5. The fraction of sp³-hybridized carbons (Fsp3) is 0.225. The van der Waals surface area contributed by atoms with Gasteiger partial charge in [-0.1, -0.05) is 139 Å². The number of anilines is 3. The molecule has 0 aliphatic rings. The highest BCUT2D eigenvalue weighted by Crippen LogP contribution is 2.32. The zero-order valence-corrected chi connectivity index (χ0v) is 71.4. The van der Waals surface area contributed by atoms with Gasteiger partial charge in [0.1, 0.15) is 30.4 Å². The second-order valence-corrected chi connectivity index (χ2v) is 28.4. The number of hydrogen-bond acceptors (Lipinski definition) is 17. The van der Waals surface area contributed by atoms with Crippen LogP contribution in [0.2, 0.25) is 0 Å². The van der Waals surface area contributed by atoms with Crippen LogP contribution in [0.15, 0.2) is 234 Å². The fourth-order valence-corrected chi connectivity index (χ4v) is 13.1. The summed E-state index contributed by atoms with van der Waals surface area (Å²) in [5.74, 6) is 1.41. The van der Waals surface area contributed by atoms with Crippen molar-refractivity contribution in [3.8, 4) is 28.7 Å². The van der Waals surface area contributed by atoms with Crippen molar-refractivity contribution in [2.24, 2.45) is 7.05 Å². The van der Waals surface area contributed by atoms with E-state index in [0.717, 1.165) is 69.1 Å². The SMILES string of the molecule is CCn1cc(Br)c(C(=O)Nc2ccccc2C(=O)OC)n1.CCn1ncc(Br)c1C(=O)Nc1ccccc1C(=O)OC.COC(=O)c1ccccc1NC(=O)c1c(I)cnn1C.COc1cc(CCc2cccc(C)c2C)ccc1OCc1ccccc1.COc1ccc(CCc2ccc(OCc3ccc(C)cc3)c(OC)c2)cc1. The van der Waals surface area contributed by atoms with Crippen molar-refractivity contribution in [2.45, 2.75) is 86.6 Å². The molecule has 115 heavy (non-hydrogen) atoms. The van der Waals surface area contributed by atoms with Crippen LogP contribution >= 0.6 is 54.5 Å². The summed E-state index contributed by atoms with van der Waals surface area (Å²) < 4.78 is 48.9. The van der Waals surface area contributed by atoms with Crippen LogP contribution < -0.4 is 39.6 Å². The molecule has 3 heterocycles. The lowest BCUT2D eigenvalue weighted by atomic mass is 9.97. The Labute approximate surface area is 700 Å². The molecule has 3 N–H and O–H groups in total. The zero-order valence-electron chi connectivity index (χ0n) is 66.1. The Bertz CT molecular complexity index is 5230. The number of hydrogen-bond donors (Lipinski definition) is 3. The Kier molecular flexibility index (Phi) is 34.8. The predicted molar refractivity (Wildman–Crippen MR) is 460 cm³/mol. The van der Waals surface area contributed by atoms with Gasteiger partial charge in [-0.3, -0.25) is 28.4 Å². The maximum Gasteiger partial charge on any atom is 0.339 e. The van der Waals surface area contributed by atoms with E-state index in [4.69, 9.17) is 33.2 Å². The van der Waals surface area contributed by atoms with Crippen molar-refractivity contribution >= 4 is 107 Å². The van der Waals surface area contributed by atoms with Gasteiger partial charge in [-0.2, -0.15) is 15.3 Å². The number of benzene rings is 9. The van der Waals surface area contributed by atoms with Crippen molar-refractivity contribution < 1.29 is 66.7 Å². The number of nitrogens with zero attached hydrogens (tertiary/aromatic N) is 6. The fourth-order valence-electron chi connectivity index (χ4n) is 11.4. The molecule has 3 aromatic heterocycles. The molecule has 598 valence electrons. The minimum Gasteiger partial charge on any atom is -0.497 e. The molecule has 0 unspecified atom stereocenters. The number of para-hydroxylation sites is 3. The monoisotopic (exact) mass is 1800 g/mol. The van der Waals surface area contributed by atoms with E-state index in [2.05, 4.69) is 180 Å². The molecule has 12 rings (SSSR count). The van der Waals surface area contributed by atoms with Gasteiger partial charge >= 0.3 is 17.9 Å². The Morgan fingerprint density at radius 1 is 0.443 bits per heavy atom. The number of methoxy groups -OCH3 is 6. The molecule has 0 spiro atoms. The second-order valence-electron chi connectivity index (χ2n) is 25.5. The summed E-state index contributed by atoms with van der Waals surface area (Å²) in [5, 5.41) is 20.4. The summed E-state index contributed by atoms with van der Waals surface area (Å²) in [7, 11) is 10.6. The van der Waals surface area contributed by atoms with Gasteiger partial charge in [-0.15, -0.1) is 0 Å². The quantitative estimate of drug-likeness (QED) is 0.0258. The van der Waals surface area contributed by atoms with Gasteiger partial charge in [0, 0.05) is 26.3 Å². The molecular weight excluding hydrogens is 1710 g/mol. The summed E-state index contributed by atoms with van der Waals surface area (Å²) in [4.78, 5) is 71.9. The molecule has 9 aromatic carbocycles. The maximum atomic E-state index is 12.4. The third-order valence-corrected chi connectivity index (χ3v) is 19.8. The second kappa shape index (κ2) is 45.1. The number of esters is 3. The minimum atomic E-state index is -0.510. The first-order valence-electron chi connectivity index (χ1n) is 36.5. The van der Waals surface area contributed by atoms with Gasteiger partial charge < -0.3 is 53.8 Å². The number of amides is 3. The lowest BCUT2D eigenvalue weighted by Gasteiger charge is -2.13. The normalized spacial score (nSPS) is 10.4. The number of ether oxygens (including phenoxy) is 8. The Morgan fingerprint density at radius 3 is 1.37 bits per heavy atom. The summed E-state index contributed by atoms with van der Waals surface area (Å²) in [6.07, 6.45) is 8.81. The van der Waals surface area contributed by atoms with E-state index in [1.54, 1.807) is 129 Å². The molecule has 3 amide bonds. The van der Waals surface area contributed by atoms with E-state index >= 15 is 0 Å². The highest BCUT2D eigenvalue weighted by atomic mass is 127. The first kappa shape index (κ1) is 88.7. The van der Waals surface area contributed by atoms with Gasteiger partial charge in [0.2, 0.25) is 0 Å². The molecule has 0 saturated heterocycles. The van der Waals surface area contributed by atoms with Crippen molar-refractivity contribution in [3.63, 3.8) is 0 Å². The highest BCUT2D eigenvalue weighted by molar-refractivity contribution is 14.1. The molecule has 26 heteroatoms.